The van der Waals surface area contributed by atoms with Gasteiger partial charge in [-0.1, -0.05) is 0 Å². The Morgan fingerprint density at radius 3 is 2.75 bits per heavy atom. The van der Waals surface area contributed by atoms with E-state index in [-0.39, 0.29) is 11.9 Å². The minimum absolute atomic E-state index is 0.0494. The molecule has 5 N–H and O–H groups in total. The summed E-state index contributed by atoms with van der Waals surface area (Å²) in [5.41, 5.74) is 14.2. The Hall–Kier alpha value is -1.27. The van der Waals surface area contributed by atoms with Crippen LogP contribution in [0.4, 0.5) is 10.7 Å². The molecule has 1 unspecified atom stereocenters. The van der Waals surface area contributed by atoms with Crippen LogP contribution in [0, 0.1) is 0 Å². The van der Waals surface area contributed by atoms with Gasteiger partial charge in [0.1, 0.15) is 4.88 Å². The van der Waals surface area contributed by atoms with Crippen LogP contribution >= 0.6 is 11.3 Å². The van der Waals surface area contributed by atoms with Gasteiger partial charge in [0.25, 0.3) is 5.91 Å². The van der Waals surface area contributed by atoms with Gasteiger partial charge in [0.05, 0.1) is 10.7 Å². The van der Waals surface area contributed by atoms with Crippen LogP contribution in [-0.2, 0) is 0 Å². The number of anilines is 2. The molecule has 1 aliphatic carbocycles. The minimum Gasteiger partial charge on any atom is -0.397 e. The van der Waals surface area contributed by atoms with Gasteiger partial charge >= 0.3 is 0 Å². The van der Waals surface area contributed by atoms with Gasteiger partial charge in [-0.2, -0.15) is 0 Å². The molecule has 1 aliphatic heterocycles. The highest BCUT2D eigenvalue weighted by molar-refractivity contribution is 7.18. The number of carbonyl (C=O) groups excluding carboxylic acids is 1. The van der Waals surface area contributed by atoms with Crippen molar-refractivity contribution in [1.82, 2.24) is 5.32 Å². The average Bonchev–Trinajstić information content (AvgIpc) is 3.06. The molecular weight excluding hydrogens is 272 g/mol. The number of hydrogen-bond donors (Lipinski definition) is 3. The number of nitrogens with zero attached hydrogens (tertiary/aromatic N) is 1. The number of nitrogens with two attached hydrogens (primary N) is 2. The van der Waals surface area contributed by atoms with Gasteiger partial charge in [-0.05, 0) is 32.1 Å². The number of hydrogen-bond acceptors (Lipinski definition) is 5. The number of amides is 1. The maximum atomic E-state index is 12.1. The lowest BCUT2D eigenvalue weighted by molar-refractivity contribution is 0.0960. The van der Waals surface area contributed by atoms with E-state index in [2.05, 4.69) is 10.2 Å². The summed E-state index contributed by atoms with van der Waals surface area (Å²) < 4.78 is 0. The summed E-state index contributed by atoms with van der Waals surface area (Å²) in [5, 5.41) is 4.03. The SMILES string of the molecule is CCNC(=O)c1sc(N2CCC(N)C2)c(C2CC2)c1N. The van der Waals surface area contributed by atoms with Crippen molar-refractivity contribution in [2.75, 3.05) is 30.3 Å². The molecule has 20 heavy (non-hydrogen) atoms. The molecule has 2 heterocycles. The lowest BCUT2D eigenvalue weighted by Crippen LogP contribution is -2.26. The van der Waals surface area contributed by atoms with Gasteiger partial charge in [0.15, 0.2) is 0 Å². The fraction of sp³-hybridized carbons (Fsp3) is 0.643. The van der Waals surface area contributed by atoms with Crippen molar-refractivity contribution in [2.45, 2.75) is 38.1 Å². The van der Waals surface area contributed by atoms with Crippen LogP contribution in [0.1, 0.15) is 47.3 Å². The van der Waals surface area contributed by atoms with E-state index in [4.69, 9.17) is 11.5 Å². The summed E-state index contributed by atoms with van der Waals surface area (Å²) in [6.45, 7) is 4.38. The number of nitrogen functional groups attached to an aromatic ring is 1. The Bertz CT molecular complexity index is 523. The van der Waals surface area contributed by atoms with E-state index in [0.717, 1.165) is 19.5 Å². The zero-order valence-corrected chi connectivity index (χ0v) is 12.6. The lowest BCUT2D eigenvalue weighted by Gasteiger charge is -2.18. The third-order valence-electron chi connectivity index (χ3n) is 4.01. The second-order valence-corrected chi connectivity index (χ2v) is 6.69. The first-order valence-electron chi connectivity index (χ1n) is 7.32. The van der Waals surface area contributed by atoms with Crippen molar-refractivity contribution >= 4 is 27.9 Å². The topological polar surface area (TPSA) is 84.4 Å². The first-order valence-corrected chi connectivity index (χ1v) is 8.14. The second-order valence-electron chi connectivity index (χ2n) is 5.69. The molecule has 2 aliphatic rings. The number of thiophene rings is 1. The van der Waals surface area contributed by atoms with Gasteiger partial charge < -0.3 is 21.7 Å². The highest BCUT2D eigenvalue weighted by Gasteiger charge is 2.35. The second kappa shape index (κ2) is 5.26. The van der Waals surface area contributed by atoms with E-state index in [1.807, 2.05) is 6.92 Å². The standard InChI is InChI=1S/C14H22N4OS/c1-2-17-13(19)12-11(16)10(8-3-4-8)14(20-12)18-6-5-9(15)7-18/h8-9H,2-7,15-16H2,1H3,(H,17,19). The Labute approximate surface area is 123 Å². The minimum atomic E-state index is -0.0494. The highest BCUT2D eigenvalue weighted by Crippen LogP contribution is 2.52. The monoisotopic (exact) mass is 294 g/mol. The fourth-order valence-electron chi connectivity index (χ4n) is 2.83. The summed E-state index contributed by atoms with van der Waals surface area (Å²) in [7, 11) is 0. The van der Waals surface area contributed by atoms with Crippen LogP contribution in [0.5, 0.6) is 0 Å². The number of rotatable bonds is 4. The molecule has 1 aromatic heterocycles. The number of nitrogens with one attached hydrogen (secondary N) is 1. The van der Waals surface area contributed by atoms with E-state index in [1.165, 1.54) is 34.7 Å². The molecule has 5 nitrogen and oxygen atoms in total. The molecule has 110 valence electrons. The van der Waals surface area contributed by atoms with E-state index in [1.54, 1.807) is 0 Å². The predicted octanol–water partition coefficient (Wildman–Crippen LogP) is 1.49. The van der Waals surface area contributed by atoms with Crippen molar-refractivity contribution in [3.63, 3.8) is 0 Å². The van der Waals surface area contributed by atoms with E-state index < -0.39 is 0 Å². The average molecular weight is 294 g/mol. The van der Waals surface area contributed by atoms with Crippen LogP contribution in [0.2, 0.25) is 0 Å². The maximum absolute atomic E-state index is 12.1. The Morgan fingerprint density at radius 1 is 1.45 bits per heavy atom. The summed E-state index contributed by atoms with van der Waals surface area (Å²) in [4.78, 5) is 15.1. The Morgan fingerprint density at radius 2 is 2.20 bits per heavy atom. The molecule has 0 radical (unpaired) electrons. The van der Waals surface area contributed by atoms with Gasteiger partial charge in [-0.15, -0.1) is 11.3 Å². The van der Waals surface area contributed by atoms with Crippen molar-refractivity contribution in [3.8, 4) is 0 Å². The first-order chi connectivity index (χ1) is 9.61. The molecular formula is C14H22N4OS. The molecule has 1 saturated heterocycles. The molecule has 6 heteroatoms. The molecule has 2 fully saturated rings. The Balaban J connectivity index is 1.95. The predicted molar refractivity (Wildman–Crippen MR) is 83.5 cm³/mol. The van der Waals surface area contributed by atoms with Gasteiger partial charge in [-0.25, -0.2) is 0 Å². The van der Waals surface area contributed by atoms with Gasteiger partial charge in [-0.3, -0.25) is 4.79 Å². The molecule has 0 aromatic carbocycles. The maximum Gasteiger partial charge on any atom is 0.263 e. The molecule has 1 atom stereocenters. The van der Waals surface area contributed by atoms with Crippen LogP contribution < -0.4 is 21.7 Å². The molecule has 0 spiro atoms. The zero-order valence-electron chi connectivity index (χ0n) is 11.8. The third kappa shape index (κ3) is 2.38. The fourth-order valence-corrected chi connectivity index (χ4v) is 4.09. The van der Waals surface area contributed by atoms with Gasteiger partial charge in [0.2, 0.25) is 0 Å². The van der Waals surface area contributed by atoms with Crippen LogP contribution in [0.15, 0.2) is 0 Å². The van der Waals surface area contributed by atoms with E-state index in [9.17, 15) is 4.79 Å². The number of carbonyl (C=O) groups is 1. The third-order valence-corrected chi connectivity index (χ3v) is 5.29. The molecule has 1 amide bonds. The smallest absolute Gasteiger partial charge is 0.263 e. The highest BCUT2D eigenvalue weighted by atomic mass is 32.1. The normalized spacial score (nSPS) is 22.3. The summed E-state index contributed by atoms with van der Waals surface area (Å²) >= 11 is 1.54. The summed E-state index contributed by atoms with van der Waals surface area (Å²) in [5.74, 6) is 0.493. The molecule has 3 rings (SSSR count). The van der Waals surface area contributed by atoms with Crippen molar-refractivity contribution in [2.24, 2.45) is 5.73 Å². The largest absolute Gasteiger partial charge is 0.397 e. The van der Waals surface area contributed by atoms with Gasteiger partial charge in [0, 0.05) is 31.2 Å². The molecule has 1 aromatic rings. The van der Waals surface area contributed by atoms with Crippen molar-refractivity contribution < 1.29 is 4.79 Å². The quantitative estimate of drug-likeness (QED) is 0.785. The van der Waals surface area contributed by atoms with Crippen molar-refractivity contribution in [3.05, 3.63) is 10.4 Å². The van der Waals surface area contributed by atoms with Crippen LogP contribution in [0.3, 0.4) is 0 Å². The van der Waals surface area contributed by atoms with Crippen LogP contribution in [-0.4, -0.2) is 31.6 Å². The zero-order chi connectivity index (χ0) is 14.3. The van der Waals surface area contributed by atoms with E-state index in [0.29, 0.717) is 23.0 Å². The first kappa shape index (κ1) is 13.7. The van der Waals surface area contributed by atoms with Crippen LogP contribution in [0.25, 0.3) is 0 Å². The summed E-state index contributed by atoms with van der Waals surface area (Å²) in [6, 6.07) is 0.235. The van der Waals surface area contributed by atoms with E-state index >= 15 is 0 Å². The lowest BCUT2D eigenvalue weighted by atomic mass is 10.1. The Kier molecular flexibility index (Phi) is 3.60. The summed E-state index contributed by atoms with van der Waals surface area (Å²) in [6.07, 6.45) is 3.38. The molecule has 1 saturated carbocycles. The van der Waals surface area contributed by atoms with Crippen molar-refractivity contribution in [1.29, 1.82) is 0 Å². The molecule has 0 bridgehead atoms.